The second-order valence-corrected chi connectivity index (χ2v) is 8.40. The van der Waals surface area contributed by atoms with Gasteiger partial charge in [0.25, 0.3) is 0 Å². The van der Waals surface area contributed by atoms with Gasteiger partial charge in [0.05, 0.1) is 5.75 Å². The second kappa shape index (κ2) is 9.34. The first kappa shape index (κ1) is 21.9. The second-order valence-electron chi connectivity index (χ2n) is 7.46. The number of para-hydroxylation sites is 1. The Hall–Kier alpha value is -2.80. The third kappa shape index (κ3) is 4.84. The topological polar surface area (TPSA) is 69.0 Å². The molecule has 6 nitrogen and oxygen atoms in total. The third-order valence-corrected chi connectivity index (χ3v) is 6.19. The zero-order chi connectivity index (χ0) is 21.8. The van der Waals surface area contributed by atoms with Gasteiger partial charge < -0.3 is 14.6 Å². The highest BCUT2D eigenvalue weighted by Crippen LogP contribution is 2.27. The molecule has 0 aliphatic rings. The van der Waals surface area contributed by atoms with Crippen LogP contribution in [0.4, 0.5) is 5.69 Å². The fourth-order valence-electron chi connectivity index (χ4n) is 3.22. The molecule has 30 heavy (non-hydrogen) atoms. The average Bonchev–Trinajstić information content (AvgIpc) is 3.07. The minimum Gasteiger partial charge on any atom is -0.482 e. The van der Waals surface area contributed by atoms with Crippen LogP contribution in [-0.4, -0.2) is 26.4 Å². The number of hydrogen-bond acceptors (Lipinski definition) is 5. The molecular weight excluding hydrogens is 396 g/mol. The molecule has 0 saturated heterocycles. The Bertz CT molecular complexity index is 1040. The molecule has 0 bridgehead atoms. The van der Waals surface area contributed by atoms with Crippen molar-refractivity contribution in [2.45, 2.75) is 45.9 Å². The minimum atomic E-state index is -0.263. The van der Waals surface area contributed by atoms with Gasteiger partial charge >= 0.3 is 0 Å². The van der Waals surface area contributed by atoms with Crippen LogP contribution in [0.3, 0.4) is 0 Å². The number of amides is 1. The predicted molar refractivity (Wildman–Crippen MR) is 121 cm³/mol. The van der Waals surface area contributed by atoms with E-state index in [4.69, 9.17) is 4.74 Å². The molecule has 0 radical (unpaired) electrons. The molecule has 158 valence electrons. The van der Waals surface area contributed by atoms with E-state index in [0.29, 0.717) is 11.0 Å². The molecule has 3 aromatic rings. The van der Waals surface area contributed by atoms with E-state index in [1.807, 2.05) is 69.6 Å². The lowest BCUT2D eigenvalue weighted by Gasteiger charge is -2.17. The van der Waals surface area contributed by atoms with Crippen molar-refractivity contribution < 1.29 is 9.53 Å². The van der Waals surface area contributed by atoms with Crippen LogP contribution in [0.15, 0.2) is 41.6 Å². The number of hydrogen-bond donors (Lipinski definition) is 1. The van der Waals surface area contributed by atoms with Crippen molar-refractivity contribution in [1.82, 2.24) is 14.8 Å². The Balaban J connectivity index is 1.63. The first-order valence-electron chi connectivity index (χ1n) is 9.89. The highest BCUT2D eigenvalue weighted by atomic mass is 32.2. The SMILES string of the molecule is Cc1cccc(OC(C)c2nnc(SCC(=O)Nc3c(C)cccc3C)n2C)c1C. The molecule has 1 N–H and O–H groups in total. The fourth-order valence-corrected chi connectivity index (χ4v) is 3.94. The molecule has 0 aliphatic carbocycles. The van der Waals surface area contributed by atoms with E-state index in [-0.39, 0.29) is 17.8 Å². The Morgan fingerprint density at radius 3 is 2.40 bits per heavy atom. The van der Waals surface area contributed by atoms with E-state index in [9.17, 15) is 4.79 Å². The van der Waals surface area contributed by atoms with E-state index in [0.717, 1.165) is 28.1 Å². The van der Waals surface area contributed by atoms with Gasteiger partial charge in [0, 0.05) is 12.7 Å². The van der Waals surface area contributed by atoms with Crippen molar-refractivity contribution >= 4 is 23.4 Å². The highest BCUT2D eigenvalue weighted by Gasteiger charge is 2.19. The van der Waals surface area contributed by atoms with Crippen molar-refractivity contribution in [3.63, 3.8) is 0 Å². The van der Waals surface area contributed by atoms with Crippen molar-refractivity contribution in [2.75, 3.05) is 11.1 Å². The van der Waals surface area contributed by atoms with Gasteiger partial charge in [0.15, 0.2) is 17.1 Å². The van der Waals surface area contributed by atoms with Crippen molar-refractivity contribution in [2.24, 2.45) is 7.05 Å². The molecule has 7 heteroatoms. The molecule has 1 heterocycles. The summed E-state index contributed by atoms with van der Waals surface area (Å²) in [5.74, 6) is 1.74. The smallest absolute Gasteiger partial charge is 0.234 e. The lowest BCUT2D eigenvalue weighted by molar-refractivity contribution is -0.113. The molecule has 1 aromatic heterocycles. The number of nitrogens with one attached hydrogen (secondary N) is 1. The Morgan fingerprint density at radius 2 is 1.70 bits per heavy atom. The summed E-state index contributed by atoms with van der Waals surface area (Å²) in [6.45, 7) is 10.0. The molecule has 0 saturated carbocycles. The summed E-state index contributed by atoms with van der Waals surface area (Å²) < 4.78 is 8.01. The van der Waals surface area contributed by atoms with Gasteiger partial charge in [-0.3, -0.25) is 4.79 Å². The van der Waals surface area contributed by atoms with Gasteiger partial charge in [0.1, 0.15) is 5.75 Å². The van der Waals surface area contributed by atoms with Crippen LogP contribution in [0.2, 0.25) is 0 Å². The van der Waals surface area contributed by atoms with Gasteiger partial charge in [-0.25, -0.2) is 0 Å². The van der Waals surface area contributed by atoms with Crippen LogP contribution in [0, 0.1) is 27.7 Å². The first-order valence-corrected chi connectivity index (χ1v) is 10.9. The quantitative estimate of drug-likeness (QED) is 0.545. The predicted octanol–water partition coefficient (Wildman–Crippen LogP) is 4.92. The lowest BCUT2D eigenvalue weighted by atomic mass is 10.1. The van der Waals surface area contributed by atoms with Crippen LogP contribution in [-0.2, 0) is 11.8 Å². The number of carbonyl (C=O) groups excluding carboxylic acids is 1. The normalized spacial score (nSPS) is 11.9. The number of aryl methyl sites for hydroxylation is 3. The highest BCUT2D eigenvalue weighted by molar-refractivity contribution is 7.99. The average molecular weight is 425 g/mol. The zero-order valence-electron chi connectivity index (χ0n) is 18.3. The molecule has 1 unspecified atom stereocenters. The van der Waals surface area contributed by atoms with Gasteiger partial charge in [-0.05, 0) is 62.9 Å². The largest absolute Gasteiger partial charge is 0.482 e. The van der Waals surface area contributed by atoms with Crippen LogP contribution in [0.25, 0.3) is 0 Å². The minimum absolute atomic E-state index is 0.0679. The number of thioether (sulfide) groups is 1. The summed E-state index contributed by atoms with van der Waals surface area (Å²) in [4.78, 5) is 12.4. The van der Waals surface area contributed by atoms with Crippen LogP contribution >= 0.6 is 11.8 Å². The summed E-state index contributed by atoms with van der Waals surface area (Å²) in [6, 6.07) is 12.0. The van der Waals surface area contributed by atoms with E-state index < -0.39 is 0 Å². The summed E-state index contributed by atoms with van der Waals surface area (Å²) >= 11 is 1.36. The maximum Gasteiger partial charge on any atom is 0.234 e. The molecule has 0 aliphatic heterocycles. The number of ether oxygens (including phenoxy) is 1. The molecule has 1 atom stereocenters. The number of rotatable bonds is 7. The number of benzene rings is 2. The van der Waals surface area contributed by atoms with Crippen LogP contribution < -0.4 is 10.1 Å². The van der Waals surface area contributed by atoms with E-state index >= 15 is 0 Å². The fraction of sp³-hybridized carbons (Fsp3) is 0.348. The van der Waals surface area contributed by atoms with Gasteiger partial charge in [-0.1, -0.05) is 42.1 Å². The molecule has 1 amide bonds. The molecule has 0 fully saturated rings. The summed E-state index contributed by atoms with van der Waals surface area (Å²) in [6.07, 6.45) is -0.263. The Labute approximate surface area is 182 Å². The first-order chi connectivity index (χ1) is 14.3. The standard InChI is InChI=1S/C23H28N4O2S/c1-14-9-8-12-19(17(14)4)29-18(5)22-25-26-23(27(22)6)30-13-20(28)24-21-15(2)10-7-11-16(21)3/h7-12,18H,13H2,1-6H3,(H,24,28). The van der Waals surface area contributed by atoms with E-state index in [1.165, 1.54) is 17.3 Å². The Morgan fingerprint density at radius 1 is 1.07 bits per heavy atom. The van der Waals surface area contributed by atoms with Crippen LogP contribution in [0.1, 0.15) is 41.1 Å². The number of aromatic nitrogens is 3. The summed E-state index contributed by atoms with van der Waals surface area (Å²) in [5.41, 5.74) is 5.27. The van der Waals surface area contributed by atoms with Crippen molar-refractivity contribution in [3.05, 3.63) is 64.5 Å². The van der Waals surface area contributed by atoms with E-state index in [2.05, 4.69) is 28.5 Å². The number of nitrogens with zero attached hydrogens (tertiary/aromatic N) is 3. The number of carbonyl (C=O) groups is 1. The molecule has 3 rings (SSSR count). The number of anilines is 1. The zero-order valence-corrected chi connectivity index (χ0v) is 19.1. The maximum atomic E-state index is 12.4. The maximum absolute atomic E-state index is 12.4. The van der Waals surface area contributed by atoms with Gasteiger partial charge in [-0.2, -0.15) is 0 Å². The molecular formula is C23H28N4O2S. The van der Waals surface area contributed by atoms with E-state index in [1.54, 1.807) is 0 Å². The van der Waals surface area contributed by atoms with Crippen LogP contribution in [0.5, 0.6) is 5.75 Å². The van der Waals surface area contributed by atoms with Crippen molar-refractivity contribution in [1.29, 1.82) is 0 Å². The molecule has 0 spiro atoms. The third-order valence-electron chi connectivity index (χ3n) is 5.17. The van der Waals surface area contributed by atoms with Gasteiger partial charge in [-0.15, -0.1) is 10.2 Å². The summed E-state index contributed by atoms with van der Waals surface area (Å²) in [5, 5.41) is 12.2. The van der Waals surface area contributed by atoms with Crippen molar-refractivity contribution in [3.8, 4) is 5.75 Å². The molecule has 2 aromatic carbocycles. The van der Waals surface area contributed by atoms with Gasteiger partial charge in [0.2, 0.25) is 5.91 Å². The monoisotopic (exact) mass is 424 g/mol. The lowest BCUT2D eigenvalue weighted by Crippen LogP contribution is -2.16. The Kier molecular flexibility index (Phi) is 6.82. The summed E-state index contributed by atoms with van der Waals surface area (Å²) in [7, 11) is 1.89.